The van der Waals surface area contributed by atoms with E-state index in [1.165, 1.54) is 0 Å². The number of nitrogens with one attached hydrogen (secondary N) is 2. The van der Waals surface area contributed by atoms with Gasteiger partial charge in [0, 0.05) is 32.8 Å². The lowest BCUT2D eigenvalue weighted by molar-refractivity contribution is 0.0275. The van der Waals surface area contributed by atoms with Crippen molar-refractivity contribution in [2.24, 2.45) is 0 Å². The van der Waals surface area contributed by atoms with Gasteiger partial charge in [-0.15, -0.1) is 0 Å². The van der Waals surface area contributed by atoms with Gasteiger partial charge in [-0.3, -0.25) is 0 Å². The maximum absolute atomic E-state index is 6.31. The molecule has 0 amide bonds. The Hall–Kier alpha value is -6.24. The molecule has 3 aliphatic heterocycles. The monoisotopic (exact) mass is 660 g/mol. The van der Waals surface area contributed by atoms with E-state index in [-0.39, 0.29) is 0 Å². The van der Waals surface area contributed by atoms with Gasteiger partial charge in [-0.2, -0.15) is 0 Å². The van der Waals surface area contributed by atoms with Crippen molar-refractivity contribution in [1.29, 1.82) is 0 Å². The SMILES string of the molecule is c1ccc2c(c1)-c1nc-2nc2[nH]c3nc4nc(nc5[nH]c(n1)c1ccccc51)-c1cccc(c1-4)OCCOCCOCCOc1cccc2c13. The summed E-state index contributed by atoms with van der Waals surface area (Å²) < 4.78 is 24.1. The number of hydrogen-bond acceptors (Lipinski definition) is 10. The summed E-state index contributed by atoms with van der Waals surface area (Å²) in [7, 11) is 0. The topological polar surface area (TPSA) is 146 Å². The molecule has 0 saturated heterocycles. The van der Waals surface area contributed by atoms with E-state index in [9.17, 15) is 0 Å². The second kappa shape index (κ2) is 11.7. The number of benzene rings is 4. The number of aromatic nitrogens is 8. The van der Waals surface area contributed by atoms with Crippen LogP contribution in [0.4, 0.5) is 0 Å². The molecule has 12 heteroatoms. The van der Waals surface area contributed by atoms with Crippen LogP contribution in [-0.4, -0.2) is 79.5 Å². The number of fused-ring (bicyclic) bond motifs is 14. The summed E-state index contributed by atoms with van der Waals surface area (Å²) >= 11 is 0. The van der Waals surface area contributed by atoms with Crippen LogP contribution in [0.1, 0.15) is 0 Å². The number of ether oxygens (including phenoxy) is 4. The van der Waals surface area contributed by atoms with Crippen LogP contribution in [-0.2, 0) is 9.47 Å². The predicted octanol–water partition coefficient (Wildman–Crippen LogP) is 6.67. The molecule has 244 valence electrons. The summed E-state index contributed by atoms with van der Waals surface area (Å²) in [6.45, 7) is 2.37. The van der Waals surface area contributed by atoms with E-state index in [2.05, 4.69) is 9.97 Å². The van der Waals surface area contributed by atoms with Crippen molar-refractivity contribution >= 4 is 44.1 Å². The van der Waals surface area contributed by atoms with Gasteiger partial charge in [0.15, 0.2) is 23.3 Å². The summed E-state index contributed by atoms with van der Waals surface area (Å²) in [5.74, 6) is 3.29. The van der Waals surface area contributed by atoms with Crippen molar-refractivity contribution in [3.05, 3.63) is 84.9 Å². The van der Waals surface area contributed by atoms with Crippen LogP contribution < -0.4 is 9.47 Å². The molecule has 12 nitrogen and oxygen atoms in total. The minimum Gasteiger partial charge on any atom is -0.490 e. The summed E-state index contributed by atoms with van der Waals surface area (Å²) in [4.78, 5) is 37.4. The van der Waals surface area contributed by atoms with Crippen molar-refractivity contribution in [3.63, 3.8) is 0 Å². The van der Waals surface area contributed by atoms with E-state index >= 15 is 0 Å². The molecule has 0 spiro atoms. The average Bonchev–Trinajstić information content (AvgIpc) is 3.88. The third-order valence-corrected chi connectivity index (χ3v) is 8.97. The van der Waals surface area contributed by atoms with Crippen molar-refractivity contribution < 1.29 is 18.9 Å². The first-order valence-corrected chi connectivity index (χ1v) is 16.5. The second-order valence-electron chi connectivity index (χ2n) is 12.0. The quantitative estimate of drug-likeness (QED) is 0.181. The predicted molar refractivity (Wildman–Crippen MR) is 189 cm³/mol. The van der Waals surface area contributed by atoms with E-state index in [0.29, 0.717) is 97.0 Å². The van der Waals surface area contributed by atoms with E-state index < -0.39 is 0 Å². The van der Waals surface area contributed by atoms with Crippen LogP contribution in [0.25, 0.3) is 89.7 Å². The molecular weight excluding hydrogens is 632 g/mol. The molecule has 0 saturated carbocycles. The molecule has 10 rings (SSSR count). The smallest absolute Gasteiger partial charge is 0.168 e. The molecular formula is C38H28N8O4. The van der Waals surface area contributed by atoms with Gasteiger partial charge in [0.25, 0.3) is 0 Å². The third-order valence-electron chi connectivity index (χ3n) is 8.97. The molecule has 8 bridgehead atoms. The zero-order chi connectivity index (χ0) is 33.0. The molecule has 3 aliphatic rings. The Balaban J connectivity index is 1.36. The molecule has 50 heavy (non-hydrogen) atoms. The fourth-order valence-corrected chi connectivity index (χ4v) is 6.71. The third kappa shape index (κ3) is 4.76. The maximum Gasteiger partial charge on any atom is 0.168 e. The Bertz CT molecular complexity index is 2650. The van der Waals surface area contributed by atoms with Crippen LogP contribution in [0.15, 0.2) is 84.9 Å². The molecule has 0 aliphatic carbocycles. The summed E-state index contributed by atoms with van der Waals surface area (Å²) in [5, 5.41) is 3.40. The van der Waals surface area contributed by atoms with Gasteiger partial charge >= 0.3 is 0 Å². The lowest BCUT2D eigenvalue weighted by Crippen LogP contribution is -2.13. The van der Waals surface area contributed by atoms with Gasteiger partial charge in [-0.25, -0.2) is 29.9 Å². The van der Waals surface area contributed by atoms with E-state index in [0.717, 1.165) is 43.8 Å². The standard InChI is InChI=1S/C38H28N8O4/c1-3-9-23-21(7-1)31-39-32-22-8-2-4-10-24(22)34(41-32)43-36-26-12-6-14-28-30(26)38(45-36)46-37-29-25(35(44-37)42-33(23)40-31)11-5-13-27(29)49-19-17-47-15-16-48-18-20-50-28/h1-14H,15-20H2,(H2,39,40,41,42,43,44,45,46). The number of rotatable bonds is 0. The first kappa shape index (κ1) is 28.7. The fraction of sp³-hybridized carbons (Fsp3) is 0.158. The van der Waals surface area contributed by atoms with Crippen molar-refractivity contribution in [2.75, 3.05) is 39.6 Å². The zero-order valence-corrected chi connectivity index (χ0v) is 26.6. The molecule has 6 heterocycles. The normalized spacial score (nSPS) is 14.5. The van der Waals surface area contributed by atoms with E-state index in [1.807, 2.05) is 84.9 Å². The maximum atomic E-state index is 6.31. The Kier molecular flexibility index (Phi) is 6.74. The lowest BCUT2D eigenvalue weighted by Gasteiger charge is -2.11. The first-order valence-electron chi connectivity index (χ1n) is 16.5. The van der Waals surface area contributed by atoms with Crippen molar-refractivity contribution in [2.45, 2.75) is 0 Å². The van der Waals surface area contributed by atoms with Crippen LogP contribution >= 0.6 is 0 Å². The fourth-order valence-electron chi connectivity index (χ4n) is 6.71. The van der Waals surface area contributed by atoms with Gasteiger partial charge in [-0.1, -0.05) is 72.8 Å². The van der Waals surface area contributed by atoms with Gasteiger partial charge in [0.1, 0.15) is 47.3 Å². The van der Waals surface area contributed by atoms with Crippen LogP contribution in [0, 0.1) is 0 Å². The average molecular weight is 661 g/mol. The van der Waals surface area contributed by atoms with Gasteiger partial charge in [0.05, 0.1) is 37.4 Å². The van der Waals surface area contributed by atoms with Gasteiger partial charge in [-0.05, 0) is 12.1 Å². The van der Waals surface area contributed by atoms with Crippen LogP contribution in [0.2, 0.25) is 0 Å². The number of nitrogens with zero attached hydrogens (tertiary/aromatic N) is 6. The molecule has 0 fully saturated rings. The van der Waals surface area contributed by atoms with Crippen LogP contribution in [0.5, 0.6) is 11.5 Å². The minimum absolute atomic E-state index is 0.340. The Morgan fingerprint density at radius 1 is 0.400 bits per heavy atom. The first-order chi connectivity index (χ1) is 24.8. The summed E-state index contributed by atoms with van der Waals surface area (Å²) in [5.41, 5.74) is 5.66. The molecule has 7 aromatic rings. The molecule has 3 aromatic heterocycles. The highest BCUT2D eigenvalue weighted by Gasteiger charge is 2.25. The van der Waals surface area contributed by atoms with E-state index in [1.54, 1.807) is 0 Å². The summed E-state index contributed by atoms with van der Waals surface area (Å²) in [6, 6.07) is 27.7. The van der Waals surface area contributed by atoms with E-state index in [4.69, 9.17) is 48.9 Å². The Morgan fingerprint density at radius 3 is 1.60 bits per heavy atom. The largest absolute Gasteiger partial charge is 0.490 e. The Morgan fingerprint density at radius 2 is 0.880 bits per heavy atom. The van der Waals surface area contributed by atoms with Crippen molar-refractivity contribution in [1.82, 2.24) is 39.9 Å². The minimum atomic E-state index is 0.340. The molecule has 2 N–H and O–H groups in total. The number of H-pyrrole nitrogens is 2. The van der Waals surface area contributed by atoms with Gasteiger partial charge in [0.2, 0.25) is 0 Å². The summed E-state index contributed by atoms with van der Waals surface area (Å²) in [6.07, 6.45) is 0. The molecule has 0 atom stereocenters. The lowest BCUT2D eigenvalue weighted by atomic mass is 10.1. The highest BCUT2D eigenvalue weighted by atomic mass is 16.6. The highest BCUT2D eigenvalue weighted by Crippen LogP contribution is 2.42. The van der Waals surface area contributed by atoms with Gasteiger partial charge < -0.3 is 28.9 Å². The highest BCUT2D eigenvalue weighted by molar-refractivity contribution is 6.09. The van der Waals surface area contributed by atoms with Crippen molar-refractivity contribution in [3.8, 4) is 57.1 Å². The van der Waals surface area contributed by atoms with Crippen LogP contribution in [0.3, 0.4) is 0 Å². The Labute approximate surface area is 284 Å². The number of hydrogen-bond donors (Lipinski definition) is 2. The molecule has 4 aromatic carbocycles. The second-order valence-corrected chi connectivity index (χ2v) is 12.0. The molecule has 0 unspecified atom stereocenters. The number of aromatic amines is 2. The zero-order valence-electron chi connectivity index (χ0n) is 26.6. The molecule has 0 radical (unpaired) electrons.